The molecule has 8 heteroatoms. The van der Waals surface area contributed by atoms with E-state index in [0.717, 1.165) is 10.5 Å². The minimum atomic E-state index is -0.932. The number of ether oxygens (including phenoxy) is 3. The Labute approximate surface area is 187 Å². The zero-order valence-corrected chi connectivity index (χ0v) is 18.5. The SMILES string of the molecule is CCOc1ccc(N2C(=O)CC(N(CC(OC)OC)C(=O)Cc3ccccc3)C2=O)cc1. The summed E-state index contributed by atoms with van der Waals surface area (Å²) in [7, 11) is 2.92. The molecule has 170 valence electrons. The number of amides is 3. The summed E-state index contributed by atoms with van der Waals surface area (Å²) >= 11 is 0. The van der Waals surface area contributed by atoms with Crippen LogP contribution in [0.3, 0.4) is 0 Å². The van der Waals surface area contributed by atoms with E-state index in [0.29, 0.717) is 18.0 Å². The Morgan fingerprint density at radius 2 is 1.72 bits per heavy atom. The fourth-order valence-electron chi connectivity index (χ4n) is 3.67. The lowest BCUT2D eigenvalue weighted by molar-refractivity contribution is -0.152. The molecule has 8 nitrogen and oxygen atoms in total. The lowest BCUT2D eigenvalue weighted by Crippen LogP contribution is -2.49. The number of imide groups is 1. The highest BCUT2D eigenvalue weighted by Crippen LogP contribution is 2.28. The van der Waals surface area contributed by atoms with Crippen molar-refractivity contribution >= 4 is 23.4 Å². The summed E-state index contributed by atoms with van der Waals surface area (Å²) in [5.41, 5.74) is 1.26. The van der Waals surface area contributed by atoms with Gasteiger partial charge in [0.1, 0.15) is 11.8 Å². The number of carbonyl (C=O) groups is 3. The topological polar surface area (TPSA) is 85.4 Å². The Balaban J connectivity index is 1.84. The van der Waals surface area contributed by atoms with Gasteiger partial charge >= 0.3 is 0 Å². The molecule has 0 N–H and O–H groups in total. The Morgan fingerprint density at radius 3 is 2.31 bits per heavy atom. The first-order chi connectivity index (χ1) is 15.5. The first-order valence-electron chi connectivity index (χ1n) is 10.5. The van der Waals surface area contributed by atoms with Crippen LogP contribution in [0.15, 0.2) is 54.6 Å². The van der Waals surface area contributed by atoms with Gasteiger partial charge in [-0.15, -0.1) is 0 Å². The van der Waals surface area contributed by atoms with Crippen LogP contribution in [-0.4, -0.2) is 62.3 Å². The van der Waals surface area contributed by atoms with Gasteiger partial charge in [0, 0.05) is 14.2 Å². The first kappa shape index (κ1) is 23.4. The van der Waals surface area contributed by atoms with Crippen molar-refractivity contribution in [3.8, 4) is 5.75 Å². The second-order valence-corrected chi connectivity index (χ2v) is 7.32. The fraction of sp³-hybridized carbons (Fsp3) is 0.375. The van der Waals surface area contributed by atoms with Gasteiger partial charge in [0.2, 0.25) is 11.8 Å². The van der Waals surface area contributed by atoms with Crippen LogP contribution in [0.25, 0.3) is 0 Å². The molecule has 1 heterocycles. The van der Waals surface area contributed by atoms with E-state index in [1.165, 1.54) is 19.1 Å². The minimum Gasteiger partial charge on any atom is -0.494 e. The van der Waals surface area contributed by atoms with Gasteiger partial charge in [-0.1, -0.05) is 30.3 Å². The van der Waals surface area contributed by atoms with E-state index < -0.39 is 18.2 Å². The van der Waals surface area contributed by atoms with Crippen LogP contribution in [0.1, 0.15) is 18.9 Å². The number of methoxy groups -OCH3 is 2. The molecule has 0 radical (unpaired) electrons. The van der Waals surface area contributed by atoms with Gasteiger partial charge in [-0.05, 0) is 36.8 Å². The second-order valence-electron chi connectivity index (χ2n) is 7.32. The highest BCUT2D eigenvalue weighted by atomic mass is 16.7. The molecule has 1 saturated heterocycles. The third-order valence-corrected chi connectivity index (χ3v) is 5.30. The molecular formula is C24H28N2O6. The molecule has 0 spiro atoms. The van der Waals surface area contributed by atoms with Gasteiger partial charge < -0.3 is 19.1 Å². The number of nitrogens with zero attached hydrogens (tertiary/aromatic N) is 2. The predicted octanol–water partition coefficient (Wildman–Crippen LogP) is 2.41. The molecule has 0 aromatic heterocycles. The number of hydrogen-bond donors (Lipinski definition) is 0. The van der Waals surface area contributed by atoms with Crippen molar-refractivity contribution in [2.24, 2.45) is 0 Å². The fourth-order valence-corrected chi connectivity index (χ4v) is 3.67. The van der Waals surface area contributed by atoms with Crippen molar-refractivity contribution in [2.75, 3.05) is 32.3 Å². The summed E-state index contributed by atoms with van der Waals surface area (Å²) in [5, 5.41) is 0. The van der Waals surface area contributed by atoms with Gasteiger partial charge in [0.05, 0.1) is 31.7 Å². The number of carbonyl (C=O) groups excluding carboxylic acids is 3. The first-order valence-corrected chi connectivity index (χ1v) is 10.5. The summed E-state index contributed by atoms with van der Waals surface area (Å²) in [6, 6.07) is 15.0. The van der Waals surface area contributed by atoms with Gasteiger partial charge in [-0.2, -0.15) is 0 Å². The lowest BCUT2D eigenvalue weighted by Gasteiger charge is -2.30. The maximum absolute atomic E-state index is 13.3. The molecule has 2 aromatic carbocycles. The highest BCUT2D eigenvalue weighted by molar-refractivity contribution is 6.23. The van der Waals surface area contributed by atoms with Crippen molar-refractivity contribution in [1.29, 1.82) is 0 Å². The van der Waals surface area contributed by atoms with Crippen LogP contribution in [0.2, 0.25) is 0 Å². The van der Waals surface area contributed by atoms with Crippen LogP contribution in [-0.2, 0) is 30.3 Å². The molecule has 0 bridgehead atoms. The van der Waals surface area contributed by atoms with Crippen LogP contribution < -0.4 is 9.64 Å². The van der Waals surface area contributed by atoms with E-state index in [1.54, 1.807) is 24.3 Å². The molecule has 1 fully saturated rings. The third kappa shape index (κ3) is 5.33. The van der Waals surface area contributed by atoms with Crippen molar-refractivity contribution in [2.45, 2.75) is 32.1 Å². The van der Waals surface area contributed by atoms with Crippen LogP contribution >= 0.6 is 0 Å². The molecule has 1 unspecified atom stereocenters. The smallest absolute Gasteiger partial charge is 0.257 e. The van der Waals surface area contributed by atoms with E-state index in [9.17, 15) is 14.4 Å². The van der Waals surface area contributed by atoms with Crippen molar-refractivity contribution in [1.82, 2.24) is 4.90 Å². The Bertz CT molecular complexity index is 927. The van der Waals surface area contributed by atoms with Crippen molar-refractivity contribution in [3.05, 3.63) is 60.2 Å². The van der Waals surface area contributed by atoms with Crippen molar-refractivity contribution in [3.63, 3.8) is 0 Å². The molecule has 1 atom stereocenters. The van der Waals surface area contributed by atoms with E-state index in [-0.39, 0.29) is 31.2 Å². The maximum Gasteiger partial charge on any atom is 0.257 e. The Morgan fingerprint density at radius 1 is 1.06 bits per heavy atom. The van der Waals surface area contributed by atoms with Crippen molar-refractivity contribution < 1.29 is 28.6 Å². The number of anilines is 1. The summed E-state index contributed by atoms with van der Waals surface area (Å²) < 4.78 is 15.9. The molecular weight excluding hydrogens is 412 g/mol. The number of benzene rings is 2. The van der Waals surface area contributed by atoms with Crippen LogP contribution in [0, 0.1) is 0 Å². The zero-order valence-electron chi connectivity index (χ0n) is 18.5. The summed E-state index contributed by atoms with van der Waals surface area (Å²) in [6.07, 6.45) is -0.730. The highest BCUT2D eigenvalue weighted by Gasteiger charge is 2.44. The molecule has 0 saturated carbocycles. The monoisotopic (exact) mass is 440 g/mol. The Kier molecular flexibility index (Phi) is 7.97. The van der Waals surface area contributed by atoms with Gasteiger partial charge in [-0.3, -0.25) is 14.4 Å². The minimum absolute atomic E-state index is 0.0273. The maximum atomic E-state index is 13.3. The Hall–Kier alpha value is -3.23. The average molecular weight is 440 g/mol. The van der Waals surface area contributed by atoms with Gasteiger partial charge in [-0.25, -0.2) is 4.90 Å². The summed E-state index contributed by atoms with van der Waals surface area (Å²) in [4.78, 5) is 41.8. The molecule has 0 aliphatic carbocycles. The quantitative estimate of drug-likeness (QED) is 0.417. The summed E-state index contributed by atoms with van der Waals surface area (Å²) in [5.74, 6) is -0.454. The molecule has 3 amide bonds. The van der Waals surface area contributed by atoms with E-state index in [4.69, 9.17) is 14.2 Å². The average Bonchev–Trinajstić information content (AvgIpc) is 3.09. The molecule has 32 heavy (non-hydrogen) atoms. The molecule has 1 aliphatic heterocycles. The lowest BCUT2D eigenvalue weighted by atomic mass is 10.1. The third-order valence-electron chi connectivity index (χ3n) is 5.30. The second kappa shape index (κ2) is 10.9. The van der Waals surface area contributed by atoms with Gasteiger partial charge in [0.25, 0.3) is 5.91 Å². The number of rotatable bonds is 10. The van der Waals surface area contributed by atoms with E-state index in [1.807, 2.05) is 37.3 Å². The molecule has 1 aliphatic rings. The standard InChI is InChI=1S/C24H28N2O6/c1-4-32-19-12-10-18(11-13-19)26-22(28)15-20(24(26)29)25(16-23(30-2)31-3)21(27)14-17-8-6-5-7-9-17/h5-13,20,23H,4,14-16H2,1-3H3. The van der Waals surface area contributed by atoms with E-state index >= 15 is 0 Å². The summed E-state index contributed by atoms with van der Waals surface area (Å²) in [6.45, 7) is 2.42. The van der Waals surface area contributed by atoms with Crippen LogP contribution in [0.5, 0.6) is 5.75 Å². The van der Waals surface area contributed by atoms with Crippen LogP contribution in [0.4, 0.5) is 5.69 Å². The zero-order chi connectivity index (χ0) is 23.1. The number of hydrogen-bond acceptors (Lipinski definition) is 6. The predicted molar refractivity (Wildman–Crippen MR) is 118 cm³/mol. The van der Waals surface area contributed by atoms with E-state index in [2.05, 4.69) is 0 Å². The van der Waals surface area contributed by atoms with Gasteiger partial charge in [0.15, 0.2) is 6.29 Å². The molecule has 2 aromatic rings. The molecule has 3 rings (SSSR count). The normalized spacial score (nSPS) is 16.0. The largest absolute Gasteiger partial charge is 0.494 e.